The average molecular weight is 285 g/mol. The van der Waals surface area contributed by atoms with E-state index in [-0.39, 0.29) is 18.1 Å². The van der Waals surface area contributed by atoms with Crippen molar-refractivity contribution in [1.82, 2.24) is 10.2 Å². The second-order valence-electron chi connectivity index (χ2n) is 5.97. The van der Waals surface area contributed by atoms with E-state index in [0.717, 1.165) is 11.3 Å². The molecule has 1 aromatic rings. The van der Waals surface area contributed by atoms with E-state index in [0.29, 0.717) is 19.5 Å². The molecule has 21 heavy (non-hydrogen) atoms. The van der Waals surface area contributed by atoms with Crippen molar-refractivity contribution in [2.45, 2.75) is 44.6 Å². The zero-order valence-electron chi connectivity index (χ0n) is 12.3. The number of hydrogen-bond acceptors (Lipinski definition) is 3. The Balaban J connectivity index is 1.97. The number of fused-ring (bicyclic) bond motifs is 1. The highest BCUT2D eigenvalue weighted by Gasteiger charge is 2.56. The van der Waals surface area contributed by atoms with Crippen molar-refractivity contribution in [3.8, 4) is 5.75 Å². The fourth-order valence-corrected chi connectivity index (χ4v) is 3.10. The molecule has 1 saturated heterocycles. The summed E-state index contributed by atoms with van der Waals surface area (Å²) >= 11 is 0. The van der Waals surface area contributed by atoms with Crippen LogP contribution in [0.15, 0.2) is 24.3 Å². The van der Waals surface area contributed by atoms with Gasteiger partial charge in [-0.15, -0.1) is 0 Å². The molecule has 2 aliphatic heterocycles. The number of carbonyl (C=O) groups is 1. The second-order valence-corrected chi connectivity index (χ2v) is 5.97. The van der Waals surface area contributed by atoms with Crippen LogP contribution in [0.1, 0.15) is 25.8 Å². The van der Waals surface area contributed by atoms with Crippen LogP contribution in [0.25, 0.3) is 4.85 Å². The Labute approximate surface area is 124 Å². The number of nitrogens with zero attached hydrogens (tertiary/aromatic N) is 2. The van der Waals surface area contributed by atoms with Crippen LogP contribution in [-0.2, 0) is 11.3 Å². The number of nitrogens with one attached hydrogen (secondary N) is 1. The van der Waals surface area contributed by atoms with E-state index in [2.05, 4.69) is 10.2 Å². The van der Waals surface area contributed by atoms with Gasteiger partial charge in [-0.3, -0.25) is 9.64 Å². The van der Waals surface area contributed by atoms with Gasteiger partial charge in [-0.05, 0) is 19.9 Å². The van der Waals surface area contributed by atoms with Gasteiger partial charge in [-0.1, -0.05) is 18.2 Å². The minimum Gasteiger partial charge on any atom is -0.475 e. The molecule has 2 heterocycles. The first kappa shape index (κ1) is 13.9. The van der Waals surface area contributed by atoms with Crippen LogP contribution in [0.5, 0.6) is 5.75 Å². The lowest BCUT2D eigenvalue weighted by Gasteiger charge is -2.27. The van der Waals surface area contributed by atoms with Gasteiger partial charge in [0.05, 0.1) is 13.0 Å². The summed E-state index contributed by atoms with van der Waals surface area (Å²) in [5.41, 5.74) is 0.0246. The van der Waals surface area contributed by atoms with E-state index in [9.17, 15) is 4.79 Å². The minimum absolute atomic E-state index is 0.115. The van der Waals surface area contributed by atoms with Gasteiger partial charge in [0.2, 0.25) is 5.60 Å². The third kappa shape index (κ3) is 2.26. The van der Waals surface area contributed by atoms with E-state index < -0.39 is 5.60 Å². The minimum atomic E-state index is -0.952. The van der Waals surface area contributed by atoms with Crippen LogP contribution < -0.4 is 10.1 Å². The van der Waals surface area contributed by atoms with Crippen molar-refractivity contribution in [2.75, 3.05) is 6.54 Å². The molecular formula is C16H19N3O2. The normalized spacial score (nSPS) is 28.7. The number of para-hydroxylation sites is 1. The summed E-state index contributed by atoms with van der Waals surface area (Å²) in [6, 6.07) is 7.89. The SMILES string of the molecule is [C-]#[N+][C@@H]1C[C@]2(CN1C(C)C)Oc1ccccc1CNC2=O. The third-order valence-electron chi connectivity index (χ3n) is 4.28. The molecule has 5 heteroatoms. The van der Waals surface area contributed by atoms with Crippen LogP contribution in [0.3, 0.4) is 0 Å². The first-order valence-corrected chi connectivity index (χ1v) is 7.23. The van der Waals surface area contributed by atoms with E-state index >= 15 is 0 Å². The molecule has 5 nitrogen and oxygen atoms in total. The number of hydrogen-bond donors (Lipinski definition) is 1. The number of carbonyl (C=O) groups excluding carboxylic acids is 1. The molecule has 1 N–H and O–H groups in total. The number of benzene rings is 1. The fraction of sp³-hybridized carbons (Fsp3) is 0.500. The van der Waals surface area contributed by atoms with Crippen LogP contribution in [0, 0.1) is 6.57 Å². The Morgan fingerprint density at radius 2 is 2.24 bits per heavy atom. The van der Waals surface area contributed by atoms with Gasteiger partial charge >= 0.3 is 0 Å². The Kier molecular flexibility index (Phi) is 3.34. The van der Waals surface area contributed by atoms with Gasteiger partial charge < -0.3 is 10.1 Å². The van der Waals surface area contributed by atoms with Gasteiger partial charge in [-0.2, -0.15) is 0 Å². The number of amides is 1. The summed E-state index contributed by atoms with van der Waals surface area (Å²) in [5.74, 6) is 0.626. The van der Waals surface area contributed by atoms with Gasteiger partial charge in [-0.25, -0.2) is 11.5 Å². The van der Waals surface area contributed by atoms with Crippen molar-refractivity contribution in [2.24, 2.45) is 0 Å². The fourth-order valence-electron chi connectivity index (χ4n) is 3.10. The zero-order valence-corrected chi connectivity index (χ0v) is 12.3. The number of rotatable bonds is 1. The summed E-state index contributed by atoms with van der Waals surface area (Å²) in [6.45, 7) is 12.4. The maximum Gasteiger partial charge on any atom is 0.284 e. The first-order valence-electron chi connectivity index (χ1n) is 7.23. The van der Waals surface area contributed by atoms with Crippen LogP contribution in [0.4, 0.5) is 0 Å². The third-order valence-corrected chi connectivity index (χ3v) is 4.28. The number of ether oxygens (including phenoxy) is 1. The smallest absolute Gasteiger partial charge is 0.284 e. The topological polar surface area (TPSA) is 45.9 Å². The zero-order chi connectivity index (χ0) is 15.0. The Bertz CT molecular complexity index is 608. The van der Waals surface area contributed by atoms with Crippen LogP contribution in [0.2, 0.25) is 0 Å². The maximum absolute atomic E-state index is 12.6. The molecule has 0 aromatic heterocycles. The lowest BCUT2D eigenvalue weighted by Crippen LogP contribution is -2.52. The van der Waals surface area contributed by atoms with Gasteiger partial charge in [0.25, 0.3) is 12.1 Å². The molecule has 0 radical (unpaired) electrons. The monoisotopic (exact) mass is 285 g/mol. The highest BCUT2D eigenvalue weighted by atomic mass is 16.5. The van der Waals surface area contributed by atoms with Crippen molar-refractivity contribution >= 4 is 5.91 Å². The molecule has 110 valence electrons. The van der Waals surface area contributed by atoms with E-state index in [4.69, 9.17) is 11.3 Å². The van der Waals surface area contributed by atoms with Crippen LogP contribution in [-0.4, -0.2) is 35.2 Å². The van der Waals surface area contributed by atoms with E-state index in [1.165, 1.54) is 0 Å². The summed E-state index contributed by atoms with van der Waals surface area (Å²) in [7, 11) is 0. The molecule has 3 rings (SSSR count). The molecule has 1 amide bonds. The van der Waals surface area contributed by atoms with Gasteiger partial charge in [0.15, 0.2) is 0 Å². The van der Waals surface area contributed by atoms with E-state index in [1.54, 1.807) is 0 Å². The summed E-state index contributed by atoms with van der Waals surface area (Å²) in [4.78, 5) is 18.3. The summed E-state index contributed by atoms with van der Waals surface area (Å²) in [6.07, 6.45) is 0.107. The van der Waals surface area contributed by atoms with Gasteiger partial charge in [0, 0.05) is 18.2 Å². The lowest BCUT2D eigenvalue weighted by atomic mass is 10.0. The summed E-state index contributed by atoms with van der Waals surface area (Å²) < 4.78 is 6.13. The lowest BCUT2D eigenvalue weighted by molar-refractivity contribution is -0.135. The predicted molar refractivity (Wildman–Crippen MR) is 78.5 cm³/mol. The Hall–Kier alpha value is -2.06. The highest BCUT2D eigenvalue weighted by Crippen LogP contribution is 2.37. The second kappa shape index (κ2) is 5.05. The molecule has 1 aromatic carbocycles. The molecule has 2 aliphatic rings. The molecule has 0 unspecified atom stereocenters. The van der Waals surface area contributed by atoms with Crippen molar-refractivity contribution < 1.29 is 9.53 Å². The summed E-state index contributed by atoms with van der Waals surface area (Å²) in [5, 5.41) is 2.94. The Morgan fingerprint density at radius 1 is 1.48 bits per heavy atom. The van der Waals surface area contributed by atoms with Crippen molar-refractivity contribution in [1.29, 1.82) is 0 Å². The molecule has 2 atom stereocenters. The number of likely N-dealkylation sites (tertiary alicyclic amines) is 1. The molecule has 0 aliphatic carbocycles. The van der Waals surface area contributed by atoms with Gasteiger partial charge in [0.1, 0.15) is 5.75 Å². The maximum atomic E-state index is 12.6. The van der Waals surface area contributed by atoms with E-state index in [1.807, 2.05) is 43.0 Å². The van der Waals surface area contributed by atoms with Crippen LogP contribution >= 0.6 is 0 Å². The molecule has 1 fully saturated rings. The largest absolute Gasteiger partial charge is 0.475 e. The average Bonchev–Trinajstić information content (AvgIpc) is 2.79. The Morgan fingerprint density at radius 3 is 2.90 bits per heavy atom. The predicted octanol–water partition coefficient (Wildman–Crippen LogP) is 1.79. The standard InChI is InChI=1S/C16H19N3O2/c1-11(2)19-10-16(8-14(19)17-3)15(20)18-9-12-6-4-5-7-13(12)21-16/h4-7,11,14H,8-10H2,1-2H3,(H,18,20)/t14-,16+/m0/s1. The van der Waals surface area contributed by atoms with Crippen molar-refractivity contribution in [3.05, 3.63) is 41.2 Å². The molecule has 1 spiro atoms. The molecule has 0 bridgehead atoms. The first-order chi connectivity index (χ1) is 10.1. The van der Waals surface area contributed by atoms with Crippen molar-refractivity contribution in [3.63, 3.8) is 0 Å². The highest BCUT2D eigenvalue weighted by molar-refractivity contribution is 5.87. The molecule has 0 saturated carbocycles. The molecular weight excluding hydrogens is 266 g/mol. The quantitative estimate of drug-likeness (QED) is 0.800.